The van der Waals surface area contributed by atoms with Crippen molar-refractivity contribution in [2.24, 2.45) is 0 Å². The van der Waals surface area contributed by atoms with E-state index in [1.54, 1.807) is 89.8 Å². The standard InChI is InChI=1S/C48H37N4O2/c1-48(2)31-50(47-49-41-23-9-12-26-45(41)54-47)44-30-37(27-28-40(44)48)53-36-20-13-19-35(29-36)51-32-52(43-25-11-10-24-42(43)51)46-38(33-15-5-3-6-16-33)21-14-22-39(46)34-17-7-4-8-18-34/h3-30,32H,31H2,1-2H3/q+1/i1D3,2D3,3D,5D,6D,7D,8D,15D,16D,17D,18D. The summed E-state index contributed by atoms with van der Waals surface area (Å²) in [4.78, 5) is 6.04. The van der Waals surface area contributed by atoms with Gasteiger partial charge in [-0.3, -0.25) is 4.90 Å². The zero-order valence-corrected chi connectivity index (χ0v) is 28.4. The summed E-state index contributed by atoms with van der Waals surface area (Å²) in [6.45, 7) is -6.42. The van der Waals surface area contributed by atoms with Gasteiger partial charge in [0.2, 0.25) is 0 Å². The minimum absolute atomic E-state index is 0.0153. The second kappa shape index (κ2) is 12.6. The molecule has 0 saturated carbocycles. The number of hydrogen-bond acceptors (Lipinski definition) is 4. The van der Waals surface area contributed by atoms with Crippen LogP contribution in [-0.2, 0) is 5.41 Å². The lowest BCUT2D eigenvalue weighted by Crippen LogP contribution is -2.30. The van der Waals surface area contributed by atoms with Crippen LogP contribution in [0.5, 0.6) is 11.5 Å². The first-order valence-electron chi connectivity index (χ1n) is 24.6. The van der Waals surface area contributed by atoms with Crippen LogP contribution in [0.4, 0.5) is 11.7 Å². The van der Waals surface area contributed by atoms with Gasteiger partial charge >= 0.3 is 6.01 Å². The number of imidazole rings is 1. The Hall–Kier alpha value is -6.92. The highest BCUT2D eigenvalue weighted by molar-refractivity contribution is 5.85. The topological polar surface area (TPSA) is 47.3 Å². The van der Waals surface area contributed by atoms with Crippen LogP contribution >= 0.6 is 0 Å². The normalized spacial score (nSPS) is 17.9. The van der Waals surface area contributed by atoms with Crippen LogP contribution in [0.2, 0.25) is 0 Å². The molecule has 6 heteroatoms. The molecule has 260 valence electrons. The average molecular weight is 717 g/mol. The molecule has 1 aliphatic rings. The van der Waals surface area contributed by atoms with E-state index in [1.807, 2.05) is 22.8 Å². The van der Waals surface area contributed by atoms with Crippen molar-refractivity contribution < 1.29 is 34.3 Å². The summed E-state index contributed by atoms with van der Waals surface area (Å²) < 4.78 is 146. The summed E-state index contributed by atoms with van der Waals surface area (Å²) in [5.41, 5.74) is 1.04. The molecule has 10 rings (SSSR count). The largest absolute Gasteiger partial charge is 0.457 e. The molecule has 0 radical (unpaired) electrons. The number of benzene rings is 7. The van der Waals surface area contributed by atoms with Crippen molar-refractivity contribution in [2.75, 3.05) is 11.4 Å². The number of aromatic nitrogens is 3. The number of fused-ring (bicyclic) bond motifs is 3. The lowest BCUT2D eigenvalue weighted by atomic mass is 9.87. The second-order valence-electron chi connectivity index (χ2n) is 12.8. The summed E-state index contributed by atoms with van der Waals surface area (Å²) in [7, 11) is 0. The summed E-state index contributed by atoms with van der Waals surface area (Å²) in [6, 6.07) is 27.7. The van der Waals surface area contributed by atoms with Crippen molar-refractivity contribution >= 4 is 33.8 Å². The third-order valence-corrected chi connectivity index (χ3v) is 9.45. The number of rotatable bonds is 7. The van der Waals surface area contributed by atoms with E-state index in [2.05, 4.69) is 4.98 Å². The van der Waals surface area contributed by atoms with Gasteiger partial charge in [-0.25, -0.2) is 0 Å². The Balaban J connectivity index is 1.13. The van der Waals surface area contributed by atoms with Gasteiger partial charge in [0.15, 0.2) is 16.6 Å². The van der Waals surface area contributed by atoms with Crippen molar-refractivity contribution in [3.63, 3.8) is 0 Å². The SMILES string of the molecule is [2H]c1cc([2H])c([2H])c(-c2cccc(-c3c([2H])c([2H])c([2H])c([2H])c3[2H])c2-[n+]2cn(-c3cccc(Oc4ccc5c(c4)N(c4nc6ccccc6o4)CC5(C([2H])([2H])[2H])C([2H])([2H])[2H])c3)c3ccccc32)c1[2H]. The Morgan fingerprint density at radius 2 is 1.48 bits per heavy atom. The monoisotopic (exact) mass is 716 g/mol. The highest BCUT2D eigenvalue weighted by Gasteiger charge is 2.38. The lowest BCUT2D eigenvalue weighted by molar-refractivity contribution is -0.566. The van der Waals surface area contributed by atoms with E-state index in [1.165, 1.54) is 17.0 Å². The van der Waals surface area contributed by atoms with Gasteiger partial charge in [0.25, 0.3) is 6.33 Å². The van der Waals surface area contributed by atoms with Gasteiger partial charge in [-0.2, -0.15) is 14.1 Å². The van der Waals surface area contributed by atoms with Crippen molar-refractivity contribution in [1.29, 1.82) is 0 Å². The predicted molar refractivity (Wildman–Crippen MR) is 216 cm³/mol. The Labute approximate surface area is 334 Å². The molecule has 3 heterocycles. The molecule has 0 aliphatic carbocycles. The Bertz CT molecular complexity index is 3480. The zero-order valence-electron chi connectivity index (χ0n) is 43.4. The van der Waals surface area contributed by atoms with Gasteiger partial charge in [0, 0.05) is 43.4 Å². The highest BCUT2D eigenvalue weighted by Crippen LogP contribution is 2.46. The van der Waals surface area contributed by atoms with E-state index in [-0.39, 0.29) is 75.1 Å². The fraction of sp³-hybridized carbons (Fsp3) is 0.0833. The predicted octanol–water partition coefficient (Wildman–Crippen LogP) is 11.6. The van der Waals surface area contributed by atoms with E-state index in [0.717, 1.165) is 6.07 Å². The summed E-state index contributed by atoms with van der Waals surface area (Å²) in [5.74, 6) is 0.570. The molecule has 0 atom stereocenters. The number of para-hydroxylation sites is 5. The van der Waals surface area contributed by atoms with E-state index >= 15 is 0 Å². The molecular weight excluding hydrogens is 665 g/mol. The maximum absolute atomic E-state index is 8.98. The maximum Gasteiger partial charge on any atom is 0.303 e. The molecule has 1 aliphatic heterocycles. The van der Waals surface area contributed by atoms with Gasteiger partial charge < -0.3 is 9.15 Å². The Morgan fingerprint density at radius 1 is 0.741 bits per heavy atom. The zero-order chi connectivity index (χ0) is 49.1. The third-order valence-electron chi connectivity index (χ3n) is 9.45. The van der Waals surface area contributed by atoms with Crippen molar-refractivity contribution in [3.05, 3.63) is 182 Å². The van der Waals surface area contributed by atoms with Crippen LogP contribution in [0, 0.1) is 0 Å². The van der Waals surface area contributed by atoms with Gasteiger partial charge in [0.05, 0.1) is 18.0 Å². The van der Waals surface area contributed by atoms with E-state index < -0.39 is 55.9 Å². The summed E-state index contributed by atoms with van der Waals surface area (Å²) in [5, 5.41) is 0. The van der Waals surface area contributed by atoms with Crippen LogP contribution in [0.1, 0.15) is 39.8 Å². The molecule has 0 spiro atoms. The second-order valence-corrected chi connectivity index (χ2v) is 12.8. The third kappa shape index (κ3) is 5.42. The first kappa shape index (κ1) is 19.8. The molecule has 9 aromatic rings. The molecule has 54 heavy (non-hydrogen) atoms. The molecule has 6 nitrogen and oxygen atoms in total. The molecule has 7 aromatic carbocycles. The highest BCUT2D eigenvalue weighted by atomic mass is 16.5. The van der Waals surface area contributed by atoms with Crippen molar-refractivity contribution in [2.45, 2.75) is 19.1 Å². The fourth-order valence-corrected chi connectivity index (χ4v) is 7.05. The van der Waals surface area contributed by atoms with Crippen LogP contribution < -0.4 is 14.2 Å². The summed E-state index contributed by atoms with van der Waals surface area (Å²) >= 11 is 0. The Morgan fingerprint density at radius 3 is 2.30 bits per heavy atom. The molecule has 0 N–H and O–H groups in total. The van der Waals surface area contributed by atoms with Gasteiger partial charge in [-0.15, -0.1) is 0 Å². The minimum Gasteiger partial charge on any atom is -0.457 e. The number of nitrogens with zero attached hydrogens (tertiary/aromatic N) is 4. The van der Waals surface area contributed by atoms with Crippen LogP contribution in [0.15, 0.2) is 180 Å². The van der Waals surface area contributed by atoms with E-state index in [4.69, 9.17) is 29.7 Å². The molecule has 0 amide bonds. The minimum atomic E-state index is -2.97. The summed E-state index contributed by atoms with van der Waals surface area (Å²) in [6.07, 6.45) is 1.71. The molecular formula is C48H37N4O2+. The van der Waals surface area contributed by atoms with Gasteiger partial charge in [-0.1, -0.05) is 129 Å². The fourth-order valence-electron chi connectivity index (χ4n) is 7.05. The van der Waals surface area contributed by atoms with Crippen molar-refractivity contribution in [3.8, 4) is 45.1 Å². The first-order valence-corrected chi connectivity index (χ1v) is 17.1. The Kier molecular flexibility index (Phi) is 4.63. The van der Waals surface area contributed by atoms with Gasteiger partial charge in [0.1, 0.15) is 28.4 Å². The smallest absolute Gasteiger partial charge is 0.303 e. The number of ether oxygens (including phenoxy) is 1. The van der Waals surface area contributed by atoms with E-state index in [9.17, 15) is 0 Å². The maximum atomic E-state index is 8.98. The first-order chi connectivity index (χ1) is 32.7. The van der Waals surface area contributed by atoms with Gasteiger partial charge in [-0.05, 0) is 59.2 Å². The molecule has 0 saturated heterocycles. The van der Waals surface area contributed by atoms with Crippen LogP contribution in [0.3, 0.4) is 0 Å². The number of oxazole rings is 1. The van der Waals surface area contributed by atoms with E-state index in [0.29, 0.717) is 33.6 Å². The molecule has 2 aromatic heterocycles. The number of hydrogen-bond donors (Lipinski definition) is 0. The quantitative estimate of drug-likeness (QED) is 0.154. The van der Waals surface area contributed by atoms with Crippen LogP contribution in [0.25, 0.3) is 55.8 Å². The lowest BCUT2D eigenvalue weighted by Gasteiger charge is -2.19. The molecule has 0 unspecified atom stereocenters. The molecule has 0 bridgehead atoms. The van der Waals surface area contributed by atoms with Crippen LogP contribution in [-0.4, -0.2) is 16.1 Å². The van der Waals surface area contributed by atoms with Crippen molar-refractivity contribution in [1.82, 2.24) is 9.55 Å². The average Bonchev–Trinajstić information content (AvgIpc) is 4.03. The number of anilines is 2. The molecule has 0 fully saturated rings.